The second-order valence-electron chi connectivity index (χ2n) is 18.3. The number of nitrogens with zero attached hydrogens (tertiary/aromatic N) is 9. The average Bonchev–Trinajstić information content (AvgIpc) is 3.38. The molecule has 13 heteroatoms. The number of aryl methyl sites for hydroxylation is 4. The first kappa shape index (κ1) is 49.1. The molecule has 2 saturated heterocycles. The van der Waals surface area contributed by atoms with Gasteiger partial charge in [0.1, 0.15) is 0 Å². The van der Waals surface area contributed by atoms with Crippen molar-refractivity contribution in [2.75, 3.05) is 31.1 Å². The maximum absolute atomic E-state index is 13.4. The Balaban J connectivity index is 0.000000165. The SMILES string of the molecule is Brc1cccnc1.Cc1cc(CN(Cc2cn(C)c3ccccc3c2=O)[C@H]2CCCN(c3cccnc3)C2)ccn1.Cc1cc(CN(Cc2cn(C)c3ccccc3c2=O)[C@H]2CCCNC2)ccn1. The van der Waals surface area contributed by atoms with Crippen LogP contribution in [0.1, 0.15) is 59.3 Å². The van der Waals surface area contributed by atoms with E-state index in [4.69, 9.17) is 0 Å². The molecule has 0 radical (unpaired) electrons. The van der Waals surface area contributed by atoms with E-state index in [2.05, 4.69) is 95.3 Å². The second kappa shape index (κ2) is 23.8. The minimum Gasteiger partial charge on any atom is -0.369 e. The van der Waals surface area contributed by atoms with E-state index in [9.17, 15) is 9.59 Å². The van der Waals surface area contributed by atoms with E-state index < -0.39 is 0 Å². The molecule has 0 saturated carbocycles. The fourth-order valence-corrected chi connectivity index (χ4v) is 9.97. The summed E-state index contributed by atoms with van der Waals surface area (Å²) in [6, 6.07) is 32.9. The van der Waals surface area contributed by atoms with Crippen LogP contribution in [0.2, 0.25) is 0 Å². The molecule has 0 amide bonds. The highest BCUT2D eigenvalue weighted by molar-refractivity contribution is 9.10. The van der Waals surface area contributed by atoms with Gasteiger partial charge in [0.05, 0.1) is 22.9 Å². The van der Waals surface area contributed by atoms with Gasteiger partial charge in [-0.1, -0.05) is 24.3 Å². The number of hydrogen-bond acceptors (Lipinski definition) is 10. The predicted octanol–water partition coefficient (Wildman–Crippen LogP) is 9.15. The Morgan fingerprint density at radius 2 is 1.19 bits per heavy atom. The third-order valence-electron chi connectivity index (χ3n) is 13.1. The number of hydrogen-bond donors (Lipinski definition) is 1. The summed E-state index contributed by atoms with van der Waals surface area (Å²) in [6.07, 6.45) is 19.6. The topological polar surface area (TPSA) is 117 Å². The van der Waals surface area contributed by atoms with Crippen molar-refractivity contribution < 1.29 is 0 Å². The zero-order chi connectivity index (χ0) is 48.1. The monoisotopic (exact) mass is 986 g/mol. The van der Waals surface area contributed by atoms with E-state index in [0.29, 0.717) is 25.2 Å². The third kappa shape index (κ3) is 13.0. The second-order valence-corrected chi connectivity index (χ2v) is 19.2. The molecule has 2 fully saturated rings. The number of para-hydroxylation sites is 2. The molecule has 0 spiro atoms. The minimum atomic E-state index is 0.129. The highest BCUT2D eigenvalue weighted by atomic mass is 79.9. The van der Waals surface area contributed by atoms with E-state index in [1.165, 1.54) is 17.5 Å². The van der Waals surface area contributed by atoms with Crippen LogP contribution in [-0.4, -0.2) is 77.1 Å². The normalized spacial score (nSPS) is 16.0. The van der Waals surface area contributed by atoms with Crippen LogP contribution < -0.4 is 21.1 Å². The van der Waals surface area contributed by atoms with Gasteiger partial charge in [0, 0.05) is 153 Å². The largest absolute Gasteiger partial charge is 0.369 e. The van der Waals surface area contributed by atoms with E-state index in [1.54, 1.807) is 12.4 Å². The maximum atomic E-state index is 13.4. The number of halogens is 1. The number of nitrogens with one attached hydrogen (secondary N) is 1. The molecule has 0 unspecified atom stereocenters. The lowest BCUT2D eigenvalue weighted by Gasteiger charge is -2.40. The molecule has 8 aromatic rings. The molecule has 0 aliphatic carbocycles. The van der Waals surface area contributed by atoms with Crippen LogP contribution in [0.3, 0.4) is 0 Å². The number of aromatic nitrogens is 6. The molecule has 12 nitrogen and oxygen atoms in total. The first-order chi connectivity index (χ1) is 33.6. The molecule has 10 rings (SSSR count). The summed E-state index contributed by atoms with van der Waals surface area (Å²) in [6.45, 7) is 10.9. The summed E-state index contributed by atoms with van der Waals surface area (Å²) >= 11 is 3.25. The summed E-state index contributed by atoms with van der Waals surface area (Å²) in [5.41, 5.74) is 9.59. The van der Waals surface area contributed by atoms with E-state index in [0.717, 1.165) is 113 Å². The Bertz CT molecular complexity index is 3050. The Labute approximate surface area is 413 Å². The molecule has 356 valence electrons. The van der Waals surface area contributed by atoms with Gasteiger partial charge in [-0.2, -0.15) is 0 Å². The lowest BCUT2D eigenvalue weighted by atomic mass is 10.0. The Morgan fingerprint density at radius 1 is 0.638 bits per heavy atom. The van der Waals surface area contributed by atoms with Gasteiger partial charge in [0.25, 0.3) is 0 Å². The molecule has 2 atom stereocenters. The van der Waals surface area contributed by atoms with Crippen molar-refractivity contribution in [3.8, 4) is 0 Å². The maximum Gasteiger partial charge on any atom is 0.193 e. The fourth-order valence-electron chi connectivity index (χ4n) is 9.70. The van der Waals surface area contributed by atoms with Crippen LogP contribution in [-0.2, 0) is 40.3 Å². The third-order valence-corrected chi connectivity index (χ3v) is 13.6. The Kier molecular flexibility index (Phi) is 16.9. The molecule has 1 N–H and O–H groups in total. The van der Waals surface area contributed by atoms with Gasteiger partial charge >= 0.3 is 0 Å². The van der Waals surface area contributed by atoms with Crippen molar-refractivity contribution in [3.05, 3.63) is 205 Å². The van der Waals surface area contributed by atoms with Crippen LogP contribution >= 0.6 is 15.9 Å². The lowest BCUT2D eigenvalue weighted by Crippen LogP contribution is -2.48. The van der Waals surface area contributed by atoms with Crippen molar-refractivity contribution in [1.82, 2.24) is 44.2 Å². The summed E-state index contributed by atoms with van der Waals surface area (Å²) < 4.78 is 5.17. The average molecular weight is 988 g/mol. The van der Waals surface area contributed by atoms with Crippen molar-refractivity contribution >= 4 is 43.4 Å². The van der Waals surface area contributed by atoms with Crippen LogP contribution in [0.25, 0.3) is 21.8 Å². The van der Waals surface area contributed by atoms with Gasteiger partial charge in [0.2, 0.25) is 0 Å². The summed E-state index contributed by atoms with van der Waals surface area (Å²) in [4.78, 5) is 50.8. The van der Waals surface area contributed by atoms with Gasteiger partial charge in [0.15, 0.2) is 10.9 Å². The Morgan fingerprint density at radius 3 is 1.68 bits per heavy atom. The fraction of sp³-hybridized carbons (Fsp3) is 0.321. The van der Waals surface area contributed by atoms with Crippen LogP contribution in [0.15, 0.2) is 161 Å². The number of piperidine rings is 2. The highest BCUT2D eigenvalue weighted by Crippen LogP contribution is 2.25. The number of benzene rings is 2. The molecule has 69 heavy (non-hydrogen) atoms. The molecule has 2 aromatic carbocycles. The number of rotatable bonds is 11. The first-order valence-electron chi connectivity index (χ1n) is 24.0. The van der Waals surface area contributed by atoms with Crippen molar-refractivity contribution in [3.63, 3.8) is 0 Å². The molecule has 2 aliphatic heterocycles. The summed E-state index contributed by atoms with van der Waals surface area (Å²) in [7, 11) is 4.04. The van der Waals surface area contributed by atoms with Gasteiger partial charge in [-0.3, -0.25) is 39.3 Å². The number of fused-ring (bicyclic) bond motifs is 2. The number of anilines is 1. The zero-order valence-corrected chi connectivity index (χ0v) is 41.8. The van der Waals surface area contributed by atoms with Gasteiger partial charge < -0.3 is 19.4 Å². The standard InChI is InChI=1S/C28H31N5O.C23H28N4O.C5H4BrN/c1-21-15-22(11-13-30-21)17-33(25-8-6-14-32(20-25)24-7-5-12-29-16-24)19-23-18-31(2)27-10-4-3-9-26(27)28(23)34;1-17-12-18(9-11-25-17)14-27(20-6-5-10-24-13-20)16-19-15-26(2)22-8-4-3-7-21(22)23(19)28;6-5-2-1-3-7-4-5/h3-5,7,9-13,15-16,18,25H,6,8,14,17,19-20H2,1-2H3;3-4,7-9,11-12,15,20,24H,5-6,10,13-14,16H2,1-2H3;1-4H/t25-;20-;/m00./s1. The smallest absolute Gasteiger partial charge is 0.193 e. The summed E-state index contributed by atoms with van der Waals surface area (Å²) in [5, 5.41) is 5.09. The van der Waals surface area contributed by atoms with E-state index >= 15 is 0 Å². The molecule has 8 heterocycles. The number of pyridine rings is 6. The van der Waals surface area contributed by atoms with E-state index in [1.807, 2.05) is 132 Å². The van der Waals surface area contributed by atoms with Crippen molar-refractivity contribution in [2.24, 2.45) is 14.1 Å². The zero-order valence-electron chi connectivity index (χ0n) is 40.2. The van der Waals surface area contributed by atoms with Gasteiger partial charge in [-0.05, 0) is 146 Å². The lowest BCUT2D eigenvalue weighted by molar-refractivity contribution is 0.149. The minimum absolute atomic E-state index is 0.129. The van der Waals surface area contributed by atoms with E-state index in [-0.39, 0.29) is 10.9 Å². The van der Waals surface area contributed by atoms with Gasteiger partial charge in [-0.15, -0.1) is 0 Å². The summed E-state index contributed by atoms with van der Waals surface area (Å²) in [5.74, 6) is 0. The molecule has 2 aliphatic rings. The van der Waals surface area contributed by atoms with Crippen LogP contribution in [0.4, 0.5) is 5.69 Å². The highest BCUT2D eigenvalue weighted by Gasteiger charge is 2.28. The molecular formula is C56H63BrN10O2. The molecule has 6 aromatic heterocycles. The predicted molar refractivity (Wildman–Crippen MR) is 282 cm³/mol. The molecule has 0 bridgehead atoms. The van der Waals surface area contributed by atoms with Crippen LogP contribution in [0, 0.1) is 13.8 Å². The first-order valence-corrected chi connectivity index (χ1v) is 24.8. The van der Waals surface area contributed by atoms with Gasteiger partial charge in [-0.25, -0.2) is 0 Å². The van der Waals surface area contributed by atoms with Crippen molar-refractivity contribution in [2.45, 2.75) is 77.8 Å². The van der Waals surface area contributed by atoms with Crippen LogP contribution in [0.5, 0.6) is 0 Å². The Hall–Kier alpha value is -6.38. The molecular weight excluding hydrogens is 925 g/mol. The van der Waals surface area contributed by atoms with Crippen molar-refractivity contribution in [1.29, 1.82) is 0 Å². The quantitative estimate of drug-likeness (QED) is 0.135.